The Hall–Kier alpha value is -0.120. The number of methoxy groups -OCH3 is 1. The van der Waals surface area contributed by atoms with Gasteiger partial charge in [0.05, 0.1) is 6.10 Å². The lowest BCUT2D eigenvalue weighted by molar-refractivity contribution is 0.102. The van der Waals surface area contributed by atoms with E-state index < -0.39 is 0 Å². The summed E-state index contributed by atoms with van der Waals surface area (Å²) in [5, 5.41) is 3.45. The standard InChI is InChI=1S/C14H32N2O/c1-13(2)8-6-4-5-7-10-16-11-9-14(12-15)17-3/h13-14,16H,4-12,15H2,1-3H3. The van der Waals surface area contributed by atoms with Gasteiger partial charge in [0.1, 0.15) is 0 Å². The molecule has 0 aromatic rings. The second kappa shape index (κ2) is 12.3. The number of unbranched alkanes of at least 4 members (excludes halogenated alkanes) is 3. The summed E-state index contributed by atoms with van der Waals surface area (Å²) >= 11 is 0. The van der Waals surface area contributed by atoms with Crippen molar-refractivity contribution in [3.8, 4) is 0 Å². The Morgan fingerprint density at radius 1 is 1.00 bits per heavy atom. The third-order valence-corrected chi connectivity index (χ3v) is 3.12. The van der Waals surface area contributed by atoms with Crippen LogP contribution in [0.3, 0.4) is 0 Å². The smallest absolute Gasteiger partial charge is 0.0705 e. The maximum absolute atomic E-state index is 5.55. The van der Waals surface area contributed by atoms with Crippen molar-refractivity contribution in [3.63, 3.8) is 0 Å². The normalized spacial score (nSPS) is 13.2. The Morgan fingerprint density at radius 3 is 2.29 bits per heavy atom. The van der Waals surface area contributed by atoms with Crippen LogP contribution in [0.4, 0.5) is 0 Å². The van der Waals surface area contributed by atoms with Gasteiger partial charge in [-0.3, -0.25) is 0 Å². The molecule has 0 bridgehead atoms. The molecule has 3 N–H and O–H groups in total. The van der Waals surface area contributed by atoms with Gasteiger partial charge in [0.2, 0.25) is 0 Å². The summed E-state index contributed by atoms with van der Waals surface area (Å²) in [7, 11) is 1.73. The van der Waals surface area contributed by atoms with E-state index in [0.717, 1.165) is 25.4 Å². The molecule has 1 unspecified atom stereocenters. The van der Waals surface area contributed by atoms with E-state index >= 15 is 0 Å². The van der Waals surface area contributed by atoms with Gasteiger partial charge in [0.15, 0.2) is 0 Å². The molecular weight excluding hydrogens is 212 g/mol. The Morgan fingerprint density at radius 2 is 1.71 bits per heavy atom. The van der Waals surface area contributed by atoms with Crippen molar-refractivity contribution < 1.29 is 4.74 Å². The first-order valence-electron chi connectivity index (χ1n) is 7.14. The zero-order valence-corrected chi connectivity index (χ0v) is 12.0. The average Bonchev–Trinajstić information content (AvgIpc) is 2.31. The number of hydrogen-bond donors (Lipinski definition) is 2. The molecule has 104 valence electrons. The first-order chi connectivity index (χ1) is 8.20. The lowest BCUT2D eigenvalue weighted by Crippen LogP contribution is -2.28. The second-order valence-corrected chi connectivity index (χ2v) is 5.23. The number of hydrogen-bond acceptors (Lipinski definition) is 3. The van der Waals surface area contributed by atoms with Gasteiger partial charge >= 0.3 is 0 Å². The van der Waals surface area contributed by atoms with Crippen LogP contribution in [0.15, 0.2) is 0 Å². The zero-order valence-electron chi connectivity index (χ0n) is 12.0. The van der Waals surface area contributed by atoms with E-state index in [2.05, 4.69) is 19.2 Å². The molecule has 0 rings (SSSR count). The van der Waals surface area contributed by atoms with Crippen LogP contribution in [-0.2, 0) is 4.74 Å². The van der Waals surface area contributed by atoms with E-state index in [1.54, 1.807) is 7.11 Å². The van der Waals surface area contributed by atoms with Gasteiger partial charge < -0.3 is 15.8 Å². The quantitative estimate of drug-likeness (QED) is 0.519. The predicted molar refractivity (Wildman–Crippen MR) is 75.3 cm³/mol. The monoisotopic (exact) mass is 244 g/mol. The Bertz CT molecular complexity index is 147. The summed E-state index contributed by atoms with van der Waals surface area (Å²) in [6.45, 7) is 7.36. The van der Waals surface area contributed by atoms with E-state index in [1.807, 2.05) is 0 Å². The number of rotatable bonds is 12. The average molecular weight is 244 g/mol. The summed E-state index contributed by atoms with van der Waals surface area (Å²) in [5.74, 6) is 0.857. The summed E-state index contributed by atoms with van der Waals surface area (Å²) in [6.07, 6.45) is 8.01. The maximum atomic E-state index is 5.55. The van der Waals surface area contributed by atoms with Crippen molar-refractivity contribution in [1.29, 1.82) is 0 Å². The topological polar surface area (TPSA) is 47.3 Å². The lowest BCUT2D eigenvalue weighted by atomic mass is 10.0. The van der Waals surface area contributed by atoms with Crippen molar-refractivity contribution in [2.45, 2.75) is 58.5 Å². The van der Waals surface area contributed by atoms with Gasteiger partial charge in [0.25, 0.3) is 0 Å². The molecule has 0 saturated carbocycles. The van der Waals surface area contributed by atoms with E-state index in [9.17, 15) is 0 Å². The molecule has 0 aliphatic carbocycles. The molecule has 0 amide bonds. The molecule has 0 spiro atoms. The van der Waals surface area contributed by atoms with Crippen molar-refractivity contribution in [3.05, 3.63) is 0 Å². The first-order valence-corrected chi connectivity index (χ1v) is 7.14. The molecule has 0 aromatic heterocycles. The number of ether oxygens (including phenoxy) is 1. The van der Waals surface area contributed by atoms with E-state index in [1.165, 1.54) is 32.1 Å². The van der Waals surface area contributed by atoms with Gasteiger partial charge in [-0.05, 0) is 31.8 Å². The molecule has 1 atom stereocenters. The Kier molecular flexibility index (Phi) is 12.3. The maximum Gasteiger partial charge on any atom is 0.0705 e. The van der Waals surface area contributed by atoms with Crippen molar-refractivity contribution in [1.82, 2.24) is 5.32 Å². The van der Waals surface area contributed by atoms with Gasteiger partial charge in [-0.25, -0.2) is 0 Å². The van der Waals surface area contributed by atoms with E-state index in [-0.39, 0.29) is 6.10 Å². The van der Waals surface area contributed by atoms with Gasteiger partial charge in [-0.2, -0.15) is 0 Å². The molecule has 3 nitrogen and oxygen atoms in total. The molecule has 17 heavy (non-hydrogen) atoms. The summed E-state index contributed by atoms with van der Waals surface area (Å²) in [5.41, 5.74) is 5.55. The lowest BCUT2D eigenvalue weighted by Gasteiger charge is -2.12. The predicted octanol–water partition coefficient (Wildman–Crippen LogP) is 2.55. The molecule has 0 aromatic carbocycles. The highest BCUT2D eigenvalue weighted by Gasteiger charge is 2.02. The Balaban J connectivity index is 3.08. The molecule has 0 fully saturated rings. The fraction of sp³-hybridized carbons (Fsp3) is 1.00. The van der Waals surface area contributed by atoms with Crippen LogP contribution in [0, 0.1) is 5.92 Å². The van der Waals surface area contributed by atoms with Crippen molar-refractivity contribution in [2.75, 3.05) is 26.7 Å². The highest BCUT2D eigenvalue weighted by atomic mass is 16.5. The molecule has 0 aliphatic heterocycles. The van der Waals surface area contributed by atoms with Crippen LogP contribution in [-0.4, -0.2) is 32.8 Å². The third-order valence-electron chi connectivity index (χ3n) is 3.12. The van der Waals surface area contributed by atoms with Crippen LogP contribution >= 0.6 is 0 Å². The van der Waals surface area contributed by atoms with Crippen molar-refractivity contribution in [2.24, 2.45) is 11.7 Å². The summed E-state index contributed by atoms with van der Waals surface area (Å²) in [6, 6.07) is 0. The van der Waals surface area contributed by atoms with Crippen molar-refractivity contribution >= 4 is 0 Å². The highest BCUT2D eigenvalue weighted by molar-refractivity contribution is 4.60. The van der Waals surface area contributed by atoms with Crippen LogP contribution in [0.1, 0.15) is 52.4 Å². The van der Waals surface area contributed by atoms with Crippen LogP contribution < -0.4 is 11.1 Å². The van der Waals surface area contributed by atoms with Crippen LogP contribution in [0.25, 0.3) is 0 Å². The second-order valence-electron chi connectivity index (χ2n) is 5.23. The molecule has 0 radical (unpaired) electrons. The highest BCUT2D eigenvalue weighted by Crippen LogP contribution is 2.08. The van der Waals surface area contributed by atoms with E-state index in [4.69, 9.17) is 10.5 Å². The van der Waals surface area contributed by atoms with Gasteiger partial charge in [-0.1, -0.05) is 39.5 Å². The molecule has 0 heterocycles. The van der Waals surface area contributed by atoms with Crippen LogP contribution in [0.2, 0.25) is 0 Å². The minimum Gasteiger partial charge on any atom is -0.380 e. The minimum atomic E-state index is 0.216. The number of nitrogens with two attached hydrogens (primary N) is 1. The number of nitrogens with one attached hydrogen (secondary N) is 1. The molecule has 0 saturated heterocycles. The summed E-state index contributed by atoms with van der Waals surface area (Å²) in [4.78, 5) is 0. The zero-order chi connectivity index (χ0) is 12.9. The fourth-order valence-electron chi connectivity index (χ4n) is 1.88. The van der Waals surface area contributed by atoms with Gasteiger partial charge in [-0.15, -0.1) is 0 Å². The third kappa shape index (κ3) is 12.1. The minimum absolute atomic E-state index is 0.216. The van der Waals surface area contributed by atoms with E-state index in [0.29, 0.717) is 6.54 Å². The largest absolute Gasteiger partial charge is 0.380 e. The first kappa shape index (κ1) is 16.9. The van der Waals surface area contributed by atoms with Crippen LogP contribution in [0.5, 0.6) is 0 Å². The molecular formula is C14H32N2O. The molecule has 0 aliphatic rings. The SMILES string of the molecule is COC(CN)CCNCCCCCCC(C)C. The summed E-state index contributed by atoms with van der Waals surface area (Å²) < 4.78 is 5.22. The van der Waals surface area contributed by atoms with Gasteiger partial charge in [0, 0.05) is 13.7 Å². The fourth-order valence-corrected chi connectivity index (χ4v) is 1.88. The Labute approximate surface area is 107 Å². The molecule has 3 heteroatoms.